The third-order valence-corrected chi connectivity index (χ3v) is 4.22. The summed E-state index contributed by atoms with van der Waals surface area (Å²) in [4.78, 5) is 18.3. The number of pyridine rings is 1. The van der Waals surface area contributed by atoms with Crippen LogP contribution < -0.4 is 4.90 Å². The summed E-state index contributed by atoms with van der Waals surface area (Å²) < 4.78 is 1.86. The molecule has 0 saturated carbocycles. The number of aromatic nitrogens is 1. The molecule has 0 aliphatic carbocycles. The fourth-order valence-electron chi connectivity index (χ4n) is 2.56. The van der Waals surface area contributed by atoms with Gasteiger partial charge in [-0.3, -0.25) is 4.79 Å². The maximum Gasteiger partial charge on any atom is 0.292 e. The molecule has 0 spiro atoms. The van der Waals surface area contributed by atoms with E-state index >= 15 is 0 Å². The van der Waals surface area contributed by atoms with Gasteiger partial charge in [0.1, 0.15) is 12.2 Å². The van der Waals surface area contributed by atoms with Crippen LogP contribution in [-0.4, -0.2) is 41.8 Å². The zero-order valence-electron chi connectivity index (χ0n) is 12.2. The van der Waals surface area contributed by atoms with Crippen LogP contribution in [0.25, 0.3) is 0 Å². The maximum atomic E-state index is 12.3. The SMILES string of the molecule is CN1C(=O)C[N+](C)=C(c2ccccc2Cl)c2nc(Cl)ccc21. The predicted octanol–water partition coefficient (Wildman–Crippen LogP) is 2.84. The Morgan fingerprint density at radius 3 is 2.64 bits per heavy atom. The van der Waals surface area contributed by atoms with E-state index < -0.39 is 0 Å². The standard InChI is InChI=1S/C16H14Cl2N3O/c1-20-9-14(22)21(2)12-7-8-13(18)19-15(12)16(20)10-5-3-4-6-11(10)17/h3-8H,9H2,1-2H3/q+1. The Hall–Kier alpha value is -1.91. The van der Waals surface area contributed by atoms with Gasteiger partial charge in [-0.2, -0.15) is 0 Å². The Morgan fingerprint density at radius 2 is 1.91 bits per heavy atom. The first-order valence-electron chi connectivity index (χ1n) is 6.75. The van der Waals surface area contributed by atoms with Crippen LogP contribution in [0.4, 0.5) is 5.69 Å². The number of halogens is 2. The quantitative estimate of drug-likeness (QED) is 0.594. The van der Waals surface area contributed by atoms with E-state index in [2.05, 4.69) is 4.98 Å². The van der Waals surface area contributed by atoms with Crippen LogP contribution in [0, 0.1) is 0 Å². The van der Waals surface area contributed by atoms with Gasteiger partial charge in [0, 0.05) is 7.05 Å². The number of likely N-dealkylation sites (N-methyl/N-ethyl adjacent to an activating group) is 2. The lowest BCUT2D eigenvalue weighted by Gasteiger charge is -2.15. The number of fused-ring (bicyclic) bond motifs is 1. The van der Waals surface area contributed by atoms with Crippen molar-refractivity contribution in [1.29, 1.82) is 0 Å². The average Bonchev–Trinajstić information content (AvgIpc) is 2.56. The summed E-state index contributed by atoms with van der Waals surface area (Å²) in [5.41, 5.74) is 2.98. The van der Waals surface area contributed by atoms with Crippen molar-refractivity contribution >= 4 is 40.5 Å². The van der Waals surface area contributed by atoms with E-state index in [0.29, 0.717) is 21.6 Å². The molecule has 4 nitrogen and oxygen atoms in total. The van der Waals surface area contributed by atoms with Crippen LogP contribution in [0.5, 0.6) is 0 Å². The molecule has 6 heteroatoms. The molecule has 112 valence electrons. The highest BCUT2D eigenvalue weighted by Crippen LogP contribution is 2.28. The van der Waals surface area contributed by atoms with Crippen molar-refractivity contribution in [2.75, 3.05) is 25.5 Å². The number of hydrogen-bond donors (Lipinski definition) is 0. The molecule has 2 heterocycles. The number of amides is 1. The molecular weight excluding hydrogens is 321 g/mol. The van der Waals surface area contributed by atoms with Crippen LogP contribution in [0.1, 0.15) is 11.3 Å². The fourth-order valence-corrected chi connectivity index (χ4v) is 2.94. The number of carbonyl (C=O) groups is 1. The minimum absolute atomic E-state index is 0.0186. The highest BCUT2D eigenvalue weighted by molar-refractivity contribution is 6.35. The van der Waals surface area contributed by atoms with E-state index in [-0.39, 0.29) is 12.5 Å². The largest absolute Gasteiger partial charge is 0.308 e. The van der Waals surface area contributed by atoms with Gasteiger partial charge < -0.3 is 4.90 Å². The number of benzene rings is 1. The minimum Gasteiger partial charge on any atom is -0.308 e. The number of carbonyl (C=O) groups excluding carboxylic acids is 1. The highest BCUT2D eigenvalue weighted by atomic mass is 35.5. The normalized spacial score (nSPS) is 14.9. The third kappa shape index (κ3) is 2.49. The summed E-state index contributed by atoms with van der Waals surface area (Å²) in [5, 5.41) is 0.980. The molecular formula is C16H14Cl2N3O+. The summed E-state index contributed by atoms with van der Waals surface area (Å²) in [6, 6.07) is 11.0. The zero-order valence-corrected chi connectivity index (χ0v) is 13.7. The van der Waals surface area contributed by atoms with Crippen LogP contribution in [-0.2, 0) is 4.79 Å². The van der Waals surface area contributed by atoms with Crippen molar-refractivity contribution in [2.45, 2.75) is 0 Å². The first kappa shape index (κ1) is 15.0. The Kier molecular flexibility index (Phi) is 3.89. The molecule has 2 aromatic rings. The Bertz CT molecular complexity index is 802. The molecule has 0 radical (unpaired) electrons. The third-order valence-electron chi connectivity index (χ3n) is 3.68. The lowest BCUT2D eigenvalue weighted by molar-refractivity contribution is -0.483. The molecule has 22 heavy (non-hydrogen) atoms. The molecule has 0 atom stereocenters. The van der Waals surface area contributed by atoms with E-state index in [1.807, 2.05) is 35.9 Å². The second-order valence-corrected chi connectivity index (χ2v) is 5.93. The van der Waals surface area contributed by atoms with Crippen molar-refractivity contribution in [3.05, 3.63) is 57.8 Å². The zero-order chi connectivity index (χ0) is 15.9. The summed E-state index contributed by atoms with van der Waals surface area (Å²) >= 11 is 12.4. The summed E-state index contributed by atoms with van der Waals surface area (Å²) in [6.07, 6.45) is 0. The summed E-state index contributed by atoms with van der Waals surface area (Å²) in [5.74, 6) is -0.0186. The highest BCUT2D eigenvalue weighted by Gasteiger charge is 2.32. The lowest BCUT2D eigenvalue weighted by atomic mass is 10.0. The molecule has 1 aromatic heterocycles. The molecule has 3 rings (SSSR count). The first-order chi connectivity index (χ1) is 10.5. The smallest absolute Gasteiger partial charge is 0.292 e. The molecule has 0 unspecified atom stereocenters. The van der Waals surface area contributed by atoms with E-state index in [0.717, 1.165) is 11.3 Å². The number of rotatable bonds is 1. The van der Waals surface area contributed by atoms with Gasteiger partial charge in [0.25, 0.3) is 5.91 Å². The van der Waals surface area contributed by atoms with E-state index in [4.69, 9.17) is 23.2 Å². The van der Waals surface area contributed by atoms with Gasteiger partial charge in [-0.1, -0.05) is 35.3 Å². The second kappa shape index (κ2) is 5.71. The van der Waals surface area contributed by atoms with Crippen LogP contribution in [0.3, 0.4) is 0 Å². The van der Waals surface area contributed by atoms with Crippen LogP contribution >= 0.6 is 23.2 Å². The van der Waals surface area contributed by atoms with Gasteiger partial charge >= 0.3 is 0 Å². The predicted molar refractivity (Wildman–Crippen MR) is 88.4 cm³/mol. The molecule has 1 aliphatic heterocycles. The van der Waals surface area contributed by atoms with Crippen molar-refractivity contribution in [3.8, 4) is 0 Å². The topological polar surface area (TPSA) is 36.2 Å². The van der Waals surface area contributed by atoms with Gasteiger partial charge in [-0.05, 0) is 24.3 Å². The number of anilines is 1. The average molecular weight is 335 g/mol. The maximum absolute atomic E-state index is 12.3. The van der Waals surface area contributed by atoms with Gasteiger partial charge in [0.2, 0.25) is 12.3 Å². The molecule has 1 aromatic carbocycles. The van der Waals surface area contributed by atoms with Gasteiger partial charge in [0.15, 0.2) is 5.69 Å². The van der Waals surface area contributed by atoms with E-state index in [9.17, 15) is 4.79 Å². The number of hydrogen-bond acceptors (Lipinski definition) is 2. The summed E-state index contributed by atoms with van der Waals surface area (Å²) in [7, 11) is 3.59. The van der Waals surface area contributed by atoms with Crippen LogP contribution in [0.15, 0.2) is 36.4 Å². The molecule has 0 N–H and O–H groups in total. The Balaban J connectivity index is 2.34. The lowest BCUT2D eigenvalue weighted by Crippen LogP contribution is -2.31. The van der Waals surface area contributed by atoms with Gasteiger partial charge in [-0.25, -0.2) is 9.56 Å². The molecule has 1 aliphatic rings. The Labute approximate surface area is 138 Å². The molecule has 0 bridgehead atoms. The first-order valence-corrected chi connectivity index (χ1v) is 7.51. The van der Waals surface area contributed by atoms with E-state index in [1.54, 1.807) is 24.1 Å². The van der Waals surface area contributed by atoms with Crippen molar-refractivity contribution in [2.24, 2.45) is 0 Å². The fraction of sp³-hybridized carbons (Fsp3) is 0.188. The molecule has 0 saturated heterocycles. The van der Waals surface area contributed by atoms with Crippen molar-refractivity contribution < 1.29 is 9.37 Å². The van der Waals surface area contributed by atoms with Gasteiger partial charge in [0.05, 0.1) is 16.3 Å². The van der Waals surface area contributed by atoms with Crippen molar-refractivity contribution in [3.63, 3.8) is 0 Å². The molecule has 1 amide bonds. The van der Waals surface area contributed by atoms with Gasteiger partial charge in [-0.15, -0.1) is 0 Å². The monoisotopic (exact) mass is 334 g/mol. The number of nitrogens with zero attached hydrogens (tertiary/aromatic N) is 3. The van der Waals surface area contributed by atoms with E-state index in [1.165, 1.54) is 0 Å². The summed E-state index contributed by atoms with van der Waals surface area (Å²) in [6.45, 7) is 0.241. The molecule has 0 fully saturated rings. The minimum atomic E-state index is -0.0186. The van der Waals surface area contributed by atoms with Crippen molar-refractivity contribution in [1.82, 2.24) is 4.98 Å². The van der Waals surface area contributed by atoms with Crippen LogP contribution in [0.2, 0.25) is 10.2 Å². The second-order valence-electron chi connectivity index (χ2n) is 5.14. The Morgan fingerprint density at radius 1 is 1.18 bits per heavy atom.